The third kappa shape index (κ3) is 2.87. The van der Waals surface area contributed by atoms with Crippen LogP contribution in [0.3, 0.4) is 0 Å². The van der Waals surface area contributed by atoms with Crippen molar-refractivity contribution < 1.29 is 13.2 Å². The largest absolute Gasteiger partial charge is 0.446 e. The Labute approximate surface area is 141 Å². The smallest absolute Gasteiger partial charge is 0.354 e. The Morgan fingerprint density at radius 1 is 0.833 bits per heavy atom. The molecule has 0 amide bonds. The first-order chi connectivity index (χ1) is 11.5. The Morgan fingerprint density at radius 2 is 1.54 bits per heavy atom. The number of nitrogens with one attached hydrogen (secondary N) is 1. The molecule has 1 aliphatic heterocycles. The molecule has 0 saturated carbocycles. The first-order valence-electron chi connectivity index (χ1n) is 7.36. The average Bonchev–Trinajstić information content (AvgIpc) is 2.54. The number of anilines is 1. The van der Waals surface area contributed by atoms with Crippen molar-refractivity contribution in [1.29, 1.82) is 0 Å². The summed E-state index contributed by atoms with van der Waals surface area (Å²) in [5, 5.41) is 5.69. The third-order valence-corrected chi connectivity index (χ3v) is 4.64. The number of thioether (sulfide) groups is 1. The molecule has 0 unspecified atom stereocenters. The van der Waals surface area contributed by atoms with Crippen LogP contribution in [-0.4, -0.2) is 5.51 Å². The van der Waals surface area contributed by atoms with E-state index >= 15 is 0 Å². The standard InChI is InChI=1S/C19H12F3NS/c20-19(21,22)24-15-9-7-12(8-10-15)17-11-14-5-1-3-13-4-2-6-16(23-17)18(13)14/h1-11,23H. The topological polar surface area (TPSA) is 12.0 Å². The Balaban J connectivity index is 1.71. The second-order valence-electron chi connectivity index (χ2n) is 5.51. The number of alkyl halides is 3. The van der Waals surface area contributed by atoms with E-state index in [9.17, 15) is 13.2 Å². The molecule has 1 heterocycles. The lowest BCUT2D eigenvalue weighted by Gasteiger charge is -2.20. The highest BCUT2D eigenvalue weighted by molar-refractivity contribution is 8.00. The fourth-order valence-corrected chi connectivity index (χ4v) is 3.46. The van der Waals surface area contributed by atoms with E-state index in [0.717, 1.165) is 33.3 Å². The fourth-order valence-electron chi connectivity index (χ4n) is 2.92. The van der Waals surface area contributed by atoms with Gasteiger partial charge >= 0.3 is 5.51 Å². The minimum atomic E-state index is -4.27. The second kappa shape index (κ2) is 5.60. The fraction of sp³-hybridized carbons (Fsp3) is 0.0526. The summed E-state index contributed by atoms with van der Waals surface area (Å²) in [5.74, 6) is 0. The summed E-state index contributed by atoms with van der Waals surface area (Å²) in [5.41, 5.74) is -0.420. The first kappa shape index (κ1) is 15.1. The summed E-state index contributed by atoms with van der Waals surface area (Å²) < 4.78 is 37.3. The lowest BCUT2D eigenvalue weighted by Crippen LogP contribution is -2.04. The van der Waals surface area contributed by atoms with Gasteiger partial charge in [-0.05, 0) is 52.6 Å². The van der Waals surface area contributed by atoms with E-state index in [4.69, 9.17) is 0 Å². The van der Waals surface area contributed by atoms with E-state index in [1.54, 1.807) is 12.1 Å². The third-order valence-electron chi connectivity index (χ3n) is 3.91. The molecule has 5 heteroatoms. The number of hydrogen-bond donors (Lipinski definition) is 1. The van der Waals surface area contributed by atoms with Crippen LogP contribution < -0.4 is 5.32 Å². The molecular formula is C19H12F3NS. The molecule has 0 radical (unpaired) electrons. The van der Waals surface area contributed by atoms with Crippen molar-refractivity contribution in [3.05, 3.63) is 71.8 Å². The molecule has 1 aliphatic rings. The van der Waals surface area contributed by atoms with Crippen LogP contribution in [0.5, 0.6) is 0 Å². The minimum Gasteiger partial charge on any atom is -0.354 e. The Morgan fingerprint density at radius 3 is 2.25 bits per heavy atom. The molecule has 1 N–H and O–H groups in total. The molecule has 0 saturated heterocycles. The maximum absolute atomic E-state index is 12.4. The molecule has 0 spiro atoms. The van der Waals surface area contributed by atoms with Gasteiger partial charge in [0.05, 0.1) is 0 Å². The molecule has 120 valence electrons. The van der Waals surface area contributed by atoms with Crippen molar-refractivity contribution in [3.63, 3.8) is 0 Å². The van der Waals surface area contributed by atoms with Crippen LogP contribution in [0.1, 0.15) is 11.1 Å². The van der Waals surface area contributed by atoms with Crippen molar-refractivity contribution in [2.24, 2.45) is 0 Å². The van der Waals surface area contributed by atoms with Crippen molar-refractivity contribution in [3.8, 4) is 0 Å². The lowest BCUT2D eigenvalue weighted by molar-refractivity contribution is -0.0328. The molecule has 0 fully saturated rings. The predicted octanol–water partition coefficient (Wildman–Crippen LogP) is 6.38. The Bertz CT molecular complexity index is 938. The molecule has 3 aromatic rings. The van der Waals surface area contributed by atoms with E-state index < -0.39 is 5.51 Å². The normalized spacial score (nSPS) is 13.5. The van der Waals surface area contributed by atoms with E-state index in [-0.39, 0.29) is 16.7 Å². The Hall–Kier alpha value is -2.40. The Kier molecular flexibility index (Phi) is 3.53. The van der Waals surface area contributed by atoms with Crippen molar-refractivity contribution in [2.75, 3.05) is 5.32 Å². The number of halogens is 3. The highest BCUT2D eigenvalue weighted by atomic mass is 32.2. The van der Waals surface area contributed by atoms with Gasteiger partial charge in [-0.25, -0.2) is 0 Å². The molecule has 3 aromatic carbocycles. The number of benzene rings is 3. The maximum Gasteiger partial charge on any atom is 0.446 e. The SMILES string of the molecule is FC(F)(F)Sc1ccc(C2=Cc3cccc4cccc(c34)N2)cc1. The van der Waals surface area contributed by atoms with Crippen LogP contribution >= 0.6 is 11.8 Å². The summed E-state index contributed by atoms with van der Waals surface area (Å²) in [4.78, 5) is 0.185. The molecule has 4 rings (SSSR count). The van der Waals surface area contributed by atoms with Crippen LogP contribution in [0.25, 0.3) is 22.5 Å². The van der Waals surface area contributed by atoms with Crippen LogP contribution in [0.15, 0.2) is 65.6 Å². The van der Waals surface area contributed by atoms with Crippen LogP contribution in [0.2, 0.25) is 0 Å². The molecular weight excluding hydrogens is 331 g/mol. The number of hydrogen-bond acceptors (Lipinski definition) is 2. The zero-order valence-electron chi connectivity index (χ0n) is 12.4. The predicted molar refractivity (Wildman–Crippen MR) is 93.8 cm³/mol. The van der Waals surface area contributed by atoms with E-state index in [0.29, 0.717) is 0 Å². The average molecular weight is 343 g/mol. The summed E-state index contributed by atoms with van der Waals surface area (Å²) in [6.45, 7) is 0. The zero-order valence-corrected chi connectivity index (χ0v) is 13.2. The first-order valence-corrected chi connectivity index (χ1v) is 8.18. The van der Waals surface area contributed by atoms with Crippen molar-refractivity contribution in [2.45, 2.75) is 10.4 Å². The summed E-state index contributed by atoms with van der Waals surface area (Å²) in [6.07, 6.45) is 2.03. The summed E-state index contributed by atoms with van der Waals surface area (Å²) >= 11 is -0.0996. The highest BCUT2D eigenvalue weighted by Gasteiger charge is 2.29. The highest BCUT2D eigenvalue weighted by Crippen LogP contribution is 2.39. The molecule has 24 heavy (non-hydrogen) atoms. The van der Waals surface area contributed by atoms with Crippen LogP contribution in [0, 0.1) is 0 Å². The van der Waals surface area contributed by atoms with Gasteiger partial charge in [-0.2, -0.15) is 13.2 Å². The van der Waals surface area contributed by atoms with Crippen molar-refractivity contribution in [1.82, 2.24) is 0 Å². The van der Waals surface area contributed by atoms with Crippen LogP contribution in [-0.2, 0) is 0 Å². The molecule has 0 aromatic heterocycles. The van der Waals surface area contributed by atoms with Gasteiger partial charge < -0.3 is 5.32 Å². The van der Waals surface area contributed by atoms with E-state index in [1.807, 2.05) is 30.3 Å². The van der Waals surface area contributed by atoms with E-state index in [2.05, 4.69) is 17.4 Å². The molecule has 0 bridgehead atoms. The number of rotatable bonds is 2. The maximum atomic E-state index is 12.4. The molecule has 0 aliphatic carbocycles. The van der Waals surface area contributed by atoms with E-state index in [1.165, 1.54) is 12.1 Å². The molecule has 0 atom stereocenters. The van der Waals surface area contributed by atoms with Crippen molar-refractivity contribution >= 4 is 40.0 Å². The van der Waals surface area contributed by atoms with Crippen LogP contribution in [0.4, 0.5) is 18.9 Å². The van der Waals surface area contributed by atoms with Gasteiger partial charge in [-0.3, -0.25) is 0 Å². The molecule has 1 nitrogen and oxygen atoms in total. The van der Waals surface area contributed by atoms with Gasteiger partial charge in [-0.1, -0.05) is 42.5 Å². The zero-order chi connectivity index (χ0) is 16.7. The lowest BCUT2D eigenvalue weighted by atomic mass is 9.97. The van der Waals surface area contributed by atoms with Gasteiger partial charge in [0, 0.05) is 21.7 Å². The van der Waals surface area contributed by atoms with Gasteiger partial charge in [0.2, 0.25) is 0 Å². The van der Waals surface area contributed by atoms with Gasteiger partial charge in [0.25, 0.3) is 0 Å². The van der Waals surface area contributed by atoms with Gasteiger partial charge in [0.15, 0.2) is 0 Å². The monoisotopic (exact) mass is 343 g/mol. The summed E-state index contributed by atoms with van der Waals surface area (Å²) in [7, 11) is 0. The van der Waals surface area contributed by atoms with Gasteiger partial charge in [0.1, 0.15) is 0 Å². The van der Waals surface area contributed by atoms with Gasteiger partial charge in [-0.15, -0.1) is 0 Å². The minimum absolute atomic E-state index is 0.0996. The second-order valence-corrected chi connectivity index (χ2v) is 6.64. The quantitative estimate of drug-likeness (QED) is 0.542. The summed E-state index contributed by atoms with van der Waals surface area (Å²) in [6, 6.07) is 18.6.